The van der Waals surface area contributed by atoms with Crippen molar-refractivity contribution in [3.8, 4) is 6.07 Å². The summed E-state index contributed by atoms with van der Waals surface area (Å²) < 4.78 is 13.1. The number of nitrogens with one attached hydrogen (secondary N) is 1. The average molecular weight is 278 g/mol. The van der Waals surface area contributed by atoms with Crippen LogP contribution in [0.5, 0.6) is 0 Å². The second-order valence-corrected chi connectivity index (χ2v) is 6.96. The number of hydrogen-bond acceptors (Lipinski definition) is 3. The first-order chi connectivity index (χ1) is 9.00. The lowest BCUT2D eigenvalue weighted by Gasteiger charge is -2.26. The number of benzene rings is 1. The molecule has 1 fully saturated rings. The summed E-state index contributed by atoms with van der Waals surface area (Å²) in [6, 6.07) is 9.50. The molecule has 2 unspecified atom stereocenters. The second kappa shape index (κ2) is 5.94. The van der Waals surface area contributed by atoms with E-state index < -0.39 is 5.54 Å². The highest BCUT2D eigenvalue weighted by Crippen LogP contribution is 2.31. The van der Waals surface area contributed by atoms with E-state index >= 15 is 0 Å². The molecule has 1 aliphatic carbocycles. The normalized spacial score (nSPS) is 19.5. The first-order valence-corrected chi connectivity index (χ1v) is 7.50. The molecule has 1 aromatic rings. The second-order valence-electron chi connectivity index (χ2n) is 5.45. The number of rotatable bonds is 6. The van der Waals surface area contributed by atoms with Crippen molar-refractivity contribution in [2.24, 2.45) is 0 Å². The van der Waals surface area contributed by atoms with Gasteiger partial charge in [0.15, 0.2) is 0 Å². The van der Waals surface area contributed by atoms with Crippen molar-refractivity contribution in [1.82, 2.24) is 5.32 Å². The van der Waals surface area contributed by atoms with Gasteiger partial charge < -0.3 is 0 Å². The number of nitriles is 1. The van der Waals surface area contributed by atoms with Gasteiger partial charge in [-0.05, 0) is 44.4 Å². The summed E-state index contributed by atoms with van der Waals surface area (Å²) >= 11 is 1.62. The largest absolute Gasteiger partial charge is 0.297 e. The molecule has 1 N–H and O–H groups in total. The van der Waals surface area contributed by atoms with Crippen LogP contribution >= 0.6 is 11.8 Å². The Balaban J connectivity index is 1.92. The van der Waals surface area contributed by atoms with Crippen molar-refractivity contribution < 1.29 is 4.39 Å². The van der Waals surface area contributed by atoms with E-state index in [0.29, 0.717) is 6.04 Å². The Labute approximate surface area is 118 Å². The fourth-order valence-electron chi connectivity index (χ4n) is 2.20. The fraction of sp³-hybridized carbons (Fsp3) is 0.533. The van der Waals surface area contributed by atoms with Gasteiger partial charge in [-0.1, -0.05) is 13.0 Å². The van der Waals surface area contributed by atoms with Gasteiger partial charge in [-0.2, -0.15) is 5.26 Å². The molecule has 0 aromatic heterocycles. The van der Waals surface area contributed by atoms with Gasteiger partial charge in [-0.3, -0.25) is 5.32 Å². The minimum atomic E-state index is -0.485. The van der Waals surface area contributed by atoms with Crippen LogP contribution in [0.1, 0.15) is 33.1 Å². The lowest BCUT2D eigenvalue weighted by molar-refractivity contribution is 0.415. The Morgan fingerprint density at radius 3 is 2.89 bits per heavy atom. The van der Waals surface area contributed by atoms with Gasteiger partial charge in [-0.25, -0.2) is 4.39 Å². The van der Waals surface area contributed by atoms with Gasteiger partial charge >= 0.3 is 0 Å². The van der Waals surface area contributed by atoms with Crippen LogP contribution in [0.25, 0.3) is 0 Å². The zero-order valence-corrected chi connectivity index (χ0v) is 12.1. The molecule has 1 saturated carbocycles. The molecule has 0 amide bonds. The van der Waals surface area contributed by atoms with Crippen LogP contribution in [0.15, 0.2) is 29.2 Å². The molecule has 0 radical (unpaired) electrons. The van der Waals surface area contributed by atoms with E-state index in [2.05, 4.69) is 18.3 Å². The smallest absolute Gasteiger partial charge is 0.124 e. The van der Waals surface area contributed by atoms with Crippen LogP contribution in [0, 0.1) is 17.1 Å². The zero-order valence-electron chi connectivity index (χ0n) is 11.3. The van der Waals surface area contributed by atoms with E-state index in [1.807, 2.05) is 13.0 Å². The highest BCUT2D eigenvalue weighted by atomic mass is 32.2. The van der Waals surface area contributed by atoms with Crippen molar-refractivity contribution in [3.05, 3.63) is 30.1 Å². The van der Waals surface area contributed by atoms with Crippen LogP contribution in [-0.4, -0.2) is 16.8 Å². The molecular weight excluding hydrogens is 259 g/mol. The number of hydrogen-bond donors (Lipinski definition) is 1. The van der Waals surface area contributed by atoms with Gasteiger partial charge in [0.2, 0.25) is 0 Å². The minimum absolute atomic E-state index is 0.212. The summed E-state index contributed by atoms with van der Waals surface area (Å²) in [5.74, 6) is -0.212. The summed E-state index contributed by atoms with van der Waals surface area (Å²) in [4.78, 5) is 0.916. The standard InChI is InChI=1S/C15H19FN2S/c1-11(19-14-5-3-4-12(16)8-14)9-15(2,10-17)18-13-6-7-13/h3-5,8,11,13,18H,6-7,9H2,1-2H3. The molecule has 0 heterocycles. The summed E-state index contributed by atoms with van der Waals surface area (Å²) in [6.07, 6.45) is 3.09. The van der Waals surface area contributed by atoms with E-state index in [1.54, 1.807) is 23.9 Å². The molecule has 0 saturated heterocycles. The third-order valence-corrected chi connectivity index (χ3v) is 4.27. The lowest BCUT2D eigenvalue weighted by atomic mass is 9.98. The molecule has 0 spiro atoms. The fourth-order valence-corrected chi connectivity index (χ4v) is 3.42. The zero-order chi connectivity index (χ0) is 13.9. The van der Waals surface area contributed by atoms with Gasteiger partial charge in [0.05, 0.1) is 6.07 Å². The SMILES string of the molecule is CC(CC(C)(C#N)NC1CC1)Sc1cccc(F)c1. The summed E-state index contributed by atoms with van der Waals surface area (Å²) in [5, 5.41) is 13.0. The number of halogens is 1. The average Bonchev–Trinajstić information content (AvgIpc) is 3.12. The third-order valence-electron chi connectivity index (χ3n) is 3.18. The Bertz CT molecular complexity index is 481. The van der Waals surface area contributed by atoms with Gasteiger partial charge in [-0.15, -0.1) is 11.8 Å². The Morgan fingerprint density at radius 1 is 1.58 bits per heavy atom. The highest BCUT2D eigenvalue weighted by molar-refractivity contribution is 7.99. The van der Waals surface area contributed by atoms with Crippen LogP contribution in [0.3, 0.4) is 0 Å². The number of thioether (sulfide) groups is 1. The van der Waals surface area contributed by atoms with E-state index in [9.17, 15) is 9.65 Å². The van der Waals surface area contributed by atoms with Crippen molar-refractivity contribution >= 4 is 11.8 Å². The molecule has 102 valence electrons. The molecule has 2 rings (SSSR count). The topological polar surface area (TPSA) is 35.8 Å². The Morgan fingerprint density at radius 2 is 2.32 bits per heavy atom. The van der Waals surface area contributed by atoms with E-state index in [0.717, 1.165) is 11.3 Å². The van der Waals surface area contributed by atoms with Gasteiger partial charge in [0, 0.05) is 16.2 Å². The van der Waals surface area contributed by atoms with E-state index in [1.165, 1.54) is 18.9 Å². The predicted molar refractivity (Wildman–Crippen MR) is 76.5 cm³/mol. The molecule has 2 atom stereocenters. The quantitative estimate of drug-likeness (QED) is 0.805. The molecule has 2 nitrogen and oxygen atoms in total. The number of nitrogens with zero attached hydrogens (tertiary/aromatic N) is 1. The summed E-state index contributed by atoms with van der Waals surface area (Å²) in [7, 11) is 0. The van der Waals surface area contributed by atoms with Crippen LogP contribution < -0.4 is 5.32 Å². The van der Waals surface area contributed by atoms with Crippen LogP contribution in [-0.2, 0) is 0 Å². The van der Waals surface area contributed by atoms with Gasteiger partial charge in [0.25, 0.3) is 0 Å². The molecule has 0 bridgehead atoms. The maximum atomic E-state index is 13.1. The van der Waals surface area contributed by atoms with Gasteiger partial charge in [0.1, 0.15) is 11.4 Å². The predicted octanol–water partition coefficient (Wildman–Crippen LogP) is 3.73. The van der Waals surface area contributed by atoms with Crippen molar-refractivity contribution in [2.45, 2.75) is 54.8 Å². The molecule has 1 aliphatic rings. The Hall–Kier alpha value is -1.05. The van der Waals surface area contributed by atoms with E-state index in [-0.39, 0.29) is 11.1 Å². The maximum absolute atomic E-state index is 13.1. The lowest BCUT2D eigenvalue weighted by Crippen LogP contribution is -2.44. The van der Waals surface area contributed by atoms with E-state index in [4.69, 9.17) is 0 Å². The van der Waals surface area contributed by atoms with Crippen LogP contribution in [0.2, 0.25) is 0 Å². The molecule has 19 heavy (non-hydrogen) atoms. The third kappa shape index (κ3) is 4.52. The summed E-state index contributed by atoms with van der Waals surface area (Å²) in [6.45, 7) is 4.04. The molecule has 4 heteroatoms. The highest BCUT2D eigenvalue weighted by Gasteiger charge is 2.33. The minimum Gasteiger partial charge on any atom is -0.297 e. The van der Waals surface area contributed by atoms with Crippen molar-refractivity contribution in [2.75, 3.05) is 0 Å². The molecule has 1 aromatic carbocycles. The van der Waals surface area contributed by atoms with Crippen LogP contribution in [0.4, 0.5) is 4.39 Å². The van der Waals surface area contributed by atoms with Crippen molar-refractivity contribution in [3.63, 3.8) is 0 Å². The Kier molecular flexibility index (Phi) is 4.49. The van der Waals surface area contributed by atoms with Crippen molar-refractivity contribution in [1.29, 1.82) is 5.26 Å². The molecular formula is C15H19FN2S. The first kappa shape index (κ1) is 14.4. The first-order valence-electron chi connectivity index (χ1n) is 6.62. The maximum Gasteiger partial charge on any atom is 0.124 e. The molecule has 0 aliphatic heterocycles. The monoisotopic (exact) mass is 278 g/mol. The summed E-state index contributed by atoms with van der Waals surface area (Å²) in [5.41, 5.74) is -0.485.